The minimum Gasteiger partial charge on any atom is -0.369 e. The van der Waals surface area contributed by atoms with E-state index in [-0.39, 0.29) is 11.6 Å². The van der Waals surface area contributed by atoms with E-state index in [0.29, 0.717) is 13.1 Å². The van der Waals surface area contributed by atoms with E-state index in [1.165, 1.54) is 10.4 Å². The monoisotopic (exact) mass is 329 g/mol. The number of likely N-dealkylation sites (tertiary alicyclic amines) is 1. The molecule has 2 aromatic heterocycles. The van der Waals surface area contributed by atoms with Crippen LogP contribution < -0.4 is 5.32 Å². The third-order valence-corrected chi connectivity index (χ3v) is 5.84. The largest absolute Gasteiger partial charge is 0.369 e. The predicted octanol–water partition coefficient (Wildman–Crippen LogP) is 3.24. The van der Waals surface area contributed by atoms with Gasteiger partial charge in [-0.25, -0.2) is 4.79 Å². The lowest BCUT2D eigenvalue weighted by molar-refractivity contribution is -0.0891. The molecule has 5 nitrogen and oxygen atoms in total. The Kier molecular flexibility index (Phi) is 3.79. The third-order valence-electron chi connectivity index (χ3n) is 4.70. The molecule has 2 aliphatic rings. The molecule has 2 aliphatic heterocycles. The maximum absolute atomic E-state index is 12.4. The van der Waals surface area contributed by atoms with Crippen LogP contribution in [0.5, 0.6) is 0 Å². The molecule has 23 heavy (non-hydrogen) atoms. The van der Waals surface area contributed by atoms with Gasteiger partial charge in [-0.05, 0) is 48.4 Å². The summed E-state index contributed by atoms with van der Waals surface area (Å²) in [6.07, 6.45) is 6.09. The van der Waals surface area contributed by atoms with Gasteiger partial charge in [-0.1, -0.05) is 0 Å². The minimum atomic E-state index is -0.171. The van der Waals surface area contributed by atoms with E-state index >= 15 is 0 Å². The van der Waals surface area contributed by atoms with Crippen molar-refractivity contribution >= 4 is 23.1 Å². The van der Waals surface area contributed by atoms with Crippen molar-refractivity contribution in [2.75, 3.05) is 25.0 Å². The summed E-state index contributed by atoms with van der Waals surface area (Å²) in [5.74, 6) is 0. The number of thiophene rings is 1. The fourth-order valence-electron chi connectivity index (χ4n) is 3.43. The number of aromatic nitrogens is 1. The minimum absolute atomic E-state index is 0.0479. The second-order valence-corrected chi connectivity index (χ2v) is 6.94. The van der Waals surface area contributed by atoms with Gasteiger partial charge in [0.15, 0.2) is 0 Å². The summed E-state index contributed by atoms with van der Waals surface area (Å²) in [7, 11) is 0. The molecule has 4 heterocycles. The topological polar surface area (TPSA) is 54.5 Å². The molecule has 0 radical (unpaired) electrons. The highest BCUT2D eigenvalue weighted by atomic mass is 32.1. The van der Waals surface area contributed by atoms with Gasteiger partial charge in [0.05, 0.1) is 6.61 Å². The molecule has 1 spiro atoms. The predicted molar refractivity (Wildman–Crippen MR) is 89.7 cm³/mol. The Morgan fingerprint density at radius 3 is 2.83 bits per heavy atom. The lowest BCUT2D eigenvalue weighted by Gasteiger charge is -2.43. The van der Waals surface area contributed by atoms with E-state index in [1.807, 2.05) is 4.90 Å². The Bertz CT molecular complexity index is 693. The summed E-state index contributed by atoms with van der Waals surface area (Å²) in [6, 6.07) is 5.76. The highest BCUT2D eigenvalue weighted by molar-refractivity contribution is 7.10. The van der Waals surface area contributed by atoms with Gasteiger partial charge in [0.1, 0.15) is 5.60 Å². The first-order chi connectivity index (χ1) is 11.3. The molecule has 0 atom stereocenters. The number of fused-ring (bicyclic) bond motifs is 2. The Balaban J connectivity index is 1.43. The van der Waals surface area contributed by atoms with Crippen molar-refractivity contribution in [2.24, 2.45) is 0 Å². The quantitative estimate of drug-likeness (QED) is 0.874. The normalized spacial score (nSPS) is 19.4. The van der Waals surface area contributed by atoms with Crippen molar-refractivity contribution in [3.63, 3.8) is 0 Å². The fraction of sp³-hybridized carbons (Fsp3) is 0.412. The number of carbonyl (C=O) groups is 1. The molecule has 2 aromatic rings. The van der Waals surface area contributed by atoms with E-state index in [1.54, 1.807) is 35.9 Å². The molecule has 4 rings (SSSR count). The number of pyridine rings is 1. The lowest BCUT2D eigenvalue weighted by Crippen LogP contribution is -2.49. The van der Waals surface area contributed by atoms with Crippen LogP contribution in [0.4, 0.5) is 10.5 Å². The van der Waals surface area contributed by atoms with E-state index < -0.39 is 0 Å². The summed E-state index contributed by atoms with van der Waals surface area (Å²) < 4.78 is 6.18. The van der Waals surface area contributed by atoms with Crippen LogP contribution in [-0.2, 0) is 16.8 Å². The van der Waals surface area contributed by atoms with Gasteiger partial charge in [0, 0.05) is 36.0 Å². The smallest absolute Gasteiger partial charge is 0.321 e. The van der Waals surface area contributed by atoms with Gasteiger partial charge in [-0.3, -0.25) is 4.98 Å². The molecule has 0 aliphatic carbocycles. The van der Waals surface area contributed by atoms with Crippen LogP contribution in [0, 0.1) is 0 Å². The number of urea groups is 1. The number of carbonyl (C=O) groups excluding carboxylic acids is 1. The standard InChI is InChI=1S/C17H19N3O2S/c21-16(19-14-1-7-18-8-2-14)20-9-5-17(6-10-20)15-13(3-11-22-17)4-12-23-15/h1-2,4,7-8,12H,3,5-6,9-11H2,(H,18,19,21). The van der Waals surface area contributed by atoms with Crippen LogP contribution in [0.25, 0.3) is 0 Å². The zero-order valence-electron chi connectivity index (χ0n) is 12.8. The molecule has 1 saturated heterocycles. The van der Waals surface area contributed by atoms with Gasteiger partial charge in [0.25, 0.3) is 0 Å². The number of amides is 2. The van der Waals surface area contributed by atoms with Crippen LogP contribution in [0.3, 0.4) is 0 Å². The molecule has 0 saturated carbocycles. The highest BCUT2D eigenvalue weighted by Gasteiger charge is 2.42. The molecule has 0 aromatic carbocycles. The van der Waals surface area contributed by atoms with Crippen molar-refractivity contribution in [1.82, 2.24) is 9.88 Å². The zero-order valence-corrected chi connectivity index (χ0v) is 13.6. The third kappa shape index (κ3) is 2.72. The van der Waals surface area contributed by atoms with E-state index in [0.717, 1.165) is 31.6 Å². The average Bonchev–Trinajstić information content (AvgIpc) is 3.07. The Labute approximate surface area is 139 Å². The molecule has 6 heteroatoms. The second-order valence-electron chi connectivity index (χ2n) is 6.02. The van der Waals surface area contributed by atoms with E-state index in [9.17, 15) is 4.79 Å². The van der Waals surface area contributed by atoms with Crippen LogP contribution >= 0.6 is 11.3 Å². The number of nitrogens with one attached hydrogen (secondary N) is 1. The summed E-state index contributed by atoms with van der Waals surface area (Å²) in [6.45, 7) is 2.22. The number of hydrogen-bond donors (Lipinski definition) is 1. The first kappa shape index (κ1) is 14.7. The van der Waals surface area contributed by atoms with Crippen molar-refractivity contribution in [3.8, 4) is 0 Å². The Morgan fingerprint density at radius 1 is 1.26 bits per heavy atom. The SMILES string of the molecule is O=C(Nc1ccncc1)N1CCC2(CC1)OCCc1ccsc12. The van der Waals surface area contributed by atoms with E-state index in [4.69, 9.17) is 4.74 Å². The van der Waals surface area contributed by atoms with Gasteiger partial charge in [-0.2, -0.15) is 0 Å². The number of rotatable bonds is 1. The molecule has 1 fully saturated rings. The van der Waals surface area contributed by atoms with Crippen molar-refractivity contribution in [2.45, 2.75) is 24.9 Å². The van der Waals surface area contributed by atoms with Crippen molar-refractivity contribution in [3.05, 3.63) is 46.4 Å². The number of nitrogens with zero attached hydrogens (tertiary/aromatic N) is 2. The molecule has 2 amide bonds. The van der Waals surface area contributed by atoms with Gasteiger partial charge in [0.2, 0.25) is 0 Å². The fourth-order valence-corrected chi connectivity index (χ4v) is 4.60. The Morgan fingerprint density at radius 2 is 2.04 bits per heavy atom. The van der Waals surface area contributed by atoms with Gasteiger partial charge >= 0.3 is 6.03 Å². The van der Waals surface area contributed by atoms with Crippen LogP contribution in [0.1, 0.15) is 23.3 Å². The molecule has 0 unspecified atom stereocenters. The lowest BCUT2D eigenvalue weighted by atomic mass is 9.85. The first-order valence-corrected chi connectivity index (χ1v) is 8.82. The summed E-state index contributed by atoms with van der Waals surface area (Å²) >= 11 is 1.79. The maximum atomic E-state index is 12.4. The van der Waals surface area contributed by atoms with Crippen molar-refractivity contribution < 1.29 is 9.53 Å². The van der Waals surface area contributed by atoms with Crippen LogP contribution in [0.2, 0.25) is 0 Å². The molecule has 1 N–H and O–H groups in total. The second kappa shape index (κ2) is 5.94. The summed E-state index contributed by atoms with van der Waals surface area (Å²) in [4.78, 5) is 19.6. The molecular weight excluding hydrogens is 310 g/mol. The maximum Gasteiger partial charge on any atom is 0.321 e. The summed E-state index contributed by atoms with van der Waals surface area (Å²) in [5, 5.41) is 5.08. The average molecular weight is 329 g/mol. The molecule has 0 bridgehead atoms. The first-order valence-electron chi connectivity index (χ1n) is 7.94. The number of hydrogen-bond acceptors (Lipinski definition) is 4. The van der Waals surface area contributed by atoms with Gasteiger partial charge < -0.3 is 15.0 Å². The van der Waals surface area contributed by atoms with E-state index in [2.05, 4.69) is 21.7 Å². The molecule has 120 valence electrons. The highest BCUT2D eigenvalue weighted by Crippen LogP contribution is 2.44. The van der Waals surface area contributed by atoms with Crippen molar-refractivity contribution in [1.29, 1.82) is 0 Å². The van der Waals surface area contributed by atoms with Crippen LogP contribution in [0.15, 0.2) is 36.0 Å². The number of anilines is 1. The van der Waals surface area contributed by atoms with Gasteiger partial charge in [-0.15, -0.1) is 11.3 Å². The summed E-state index contributed by atoms with van der Waals surface area (Å²) in [5.41, 5.74) is 2.03. The number of piperidine rings is 1. The Hall–Kier alpha value is -1.92. The zero-order chi connectivity index (χ0) is 15.7. The number of ether oxygens (including phenoxy) is 1. The molecular formula is C17H19N3O2S. The van der Waals surface area contributed by atoms with Crippen LogP contribution in [-0.4, -0.2) is 35.6 Å².